The van der Waals surface area contributed by atoms with Crippen molar-refractivity contribution in [3.05, 3.63) is 0 Å². The molecule has 252 valence electrons. The molecule has 4 atom stereocenters. The van der Waals surface area contributed by atoms with E-state index in [9.17, 15) is 37.5 Å². The number of carbonyl (C=O) groups is 6. The molecule has 5 amide bonds. The summed E-state index contributed by atoms with van der Waals surface area (Å²) in [4.78, 5) is 81.2. The summed E-state index contributed by atoms with van der Waals surface area (Å²) < 4.78 is 27.9. The van der Waals surface area contributed by atoms with Crippen molar-refractivity contribution in [2.45, 2.75) is 128 Å². The standard InChI is InChI=1S/C32H49F2N5O6/c1-31(2,3)30(45)38-23(20-16-32(33,34)17-20)29(44)39(4)24(18-9-6-5-7-10-18)27(42)37-22(15-19-11-8-14-35-26(19)41)25(40)28(43)36-21-12-13-21/h18-24H,5-17H2,1-4H3,(H,35,41)(H,36,43)(H,37,42)(H,38,45)/t19-,22-,23+,24-/m0/s1. The average molecular weight is 638 g/mol. The number of halogens is 2. The number of Topliss-reactive ketones (excluding diaryl/α,β-unsaturated/α-hetero) is 1. The highest BCUT2D eigenvalue weighted by Gasteiger charge is 2.52. The van der Waals surface area contributed by atoms with Crippen LogP contribution in [0.25, 0.3) is 0 Å². The molecule has 4 rings (SSSR count). The van der Waals surface area contributed by atoms with Crippen LogP contribution in [0.15, 0.2) is 0 Å². The van der Waals surface area contributed by atoms with E-state index in [1.165, 1.54) is 11.9 Å². The topological polar surface area (TPSA) is 154 Å². The zero-order valence-electron chi connectivity index (χ0n) is 26.9. The van der Waals surface area contributed by atoms with Gasteiger partial charge in [-0.1, -0.05) is 40.0 Å². The second-order valence-corrected chi connectivity index (χ2v) is 14.6. The van der Waals surface area contributed by atoms with E-state index >= 15 is 0 Å². The van der Waals surface area contributed by atoms with Crippen LogP contribution in [0.3, 0.4) is 0 Å². The molecule has 0 unspecified atom stereocenters. The van der Waals surface area contributed by atoms with Crippen molar-refractivity contribution >= 4 is 35.3 Å². The average Bonchev–Trinajstić information content (AvgIpc) is 3.78. The maximum atomic E-state index is 14.1. The maximum absolute atomic E-state index is 14.1. The van der Waals surface area contributed by atoms with E-state index < -0.39 is 83.6 Å². The molecule has 11 nitrogen and oxygen atoms in total. The van der Waals surface area contributed by atoms with Gasteiger partial charge in [0.2, 0.25) is 35.3 Å². The summed E-state index contributed by atoms with van der Waals surface area (Å²) in [5.74, 6) is -8.30. The lowest BCUT2D eigenvalue weighted by Crippen LogP contribution is -2.63. The van der Waals surface area contributed by atoms with Gasteiger partial charge < -0.3 is 26.2 Å². The summed E-state index contributed by atoms with van der Waals surface area (Å²) in [5.41, 5.74) is -0.885. The number of likely N-dealkylation sites (N-methyl/N-ethyl adjacent to an activating group) is 1. The Morgan fingerprint density at radius 2 is 1.58 bits per heavy atom. The van der Waals surface area contributed by atoms with Crippen molar-refractivity contribution in [2.24, 2.45) is 23.2 Å². The van der Waals surface area contributed by atoms with Gasteiger partial charge in [0, 0.05) is 43.8 Å². The molecule has 4 aliphatic rings. The Hall–Kier alpha value is -3.12. The highest BCUT2D eigenvalue weighted by atomic mass is 19.3. The molecule has 0 spiro atoms. The number of nitrogens with one attached hydrogen (secondary N) is 4. The van der Waals surface area contributed by atoms with Crippen molar-refractivity contribution in [1.29, 1.82) is 0 Å². The Labute approximate surface area is 263 Å². The predicted octanol–water partition coefficient (Wildman–Crippen LogP) is 2.22. The molecular weight excluding hydrogens is 588 g/mol. The highest BCUT2D eigenvalue weighted by molar-refractivity contribution is 6.38. The zero-order valence-corrected chi connectivity index (χ0v) is 26.9. The van der Waals surface area contributed by atoms with Gasteiger partial charge in [0.25, 0.3) is 5.91 Å². The van der Waals surface area contributed by atoms with E-state index in [0.717, 1.165) is 32.1 Å². The second-order valence-electron chi connectivity index (χ2n) is 14.6. The molecule has 3 saturated carbocycles. The quantitative estimate of drug-likeness (QED) is 0.241. The van der Waals surface area contributed by atoms with Gasteiger partial charge in [-0.15, -0.1) is 0 Å². The van der Waals surface area contributed by atoms with E-state index in [0.29, 0.717) is 32.2 Å². The summed E-state index contributed by atoms with van der Waals surface area (Å²) in [7, 11) is 1.43. The molecule has 0 aromatic rings. The monoisotopic (exact) mass is 637 g/mol. The second kappa shape index (κ2) is 14.1. The largest absolute Gasteiger partial charge is 0.356 e. The summed E-state index contributed by atoms with van der Waals surface area (Å²) >= 11 is 0. The number of rotatable bonds is 12. The van der Waals surface area contributed by atoms with Gasteiger partial charge in [0.1, 0.15) is 12.1 Å². The third kappa shape index (κ3) is 9.00. The molecule has 3 aliphatic carbocycles. The van der Waals surface area contributed by atoms with E-state index in [1.807, 2.05) is 0 Å². The summed E-state index contributed by atoms with van der Waals surface area (Å²) in [6, 6.07) is -3.71. The van der Waals surface area contributed by atoms with Crippen LogP contribution in [0, 0.1) is 23.2 Å². The van der Waals surface area contributed by atoms with E-state index in [-0.39, 0.29) is 24.3 Å². The van der Waals surface area contributed by atoms with E-state index in [4.69, 9.17) is 0 Å². The lowest BCUT2D eigenvalue weighted by molar-refractivity contribution is -0.156. The third-order valence-electron chi connectivity index (χ3n) is 9.65. The summed E-state index contributed by atoms with van der Waals surface area (Å²) in [6.45, 7) is 5.48. The van der Waals surface area contributed by atoms with Gasteiger partial charge in [0.15, 0.2) is 0 Å². The first-order chi connectivity index (χ1) is 21.1. The minimum atomic E-state index is -2.94. The van der Waals surface area contributed by atoms with Gasteiger partial charge >= 0.3 is 0 Å². The first kappa shape index (κ1) is 34.7. The molecule has 0 radical (unpaired) electrons. The van der Waals surface area contributed by atoms with Crippen LogP contribution >= 0.6 is 0 Å². The van der Waals surface area contributed by atoms with Crippen molar-refractivity contribution in [3.63, 3.8) is 0 Å². The molecule has 4 fully saturated rings. The van der Waals surface area contributed by atoms with Crippen molar-refractivity contribution in [1.82, 2.24) is 26.2 Å². The summed E-state index contributed by atoms with van der Waals surface area (Å²) in [6.07, 6.45) is 5.40. The van der Waals surface area contributed by atoms with Crippen LogP contribution in [-0.2, 0) is 28.8 Å². The molecule has 0 bridgehead atoms. The number of alkyl halides is 2. The molecule has 1 saturated heterocycles. The Bertz CT molecular complexity index is 1160. The zero-order chi connectivity index (χ0) is 33.1. The first-order valence-electron chi connectivity index (χ1n) is 16.5. The Kier molecular flexibility index (Phi) is 10.9. The number of nitrogens with zero attached hydrogens (tertiary/aromatic N) is 1. The SMILES string of the molecule is CN(C(=O)[C@H](NC(=O)C(C)(C)C)C1CC(F)(F)C1)[C@H](C(=O)N[C@@H](C[C@@H]1CCCNC1=O)C(=O)C(=O)NC1CC1)C1CCCCC1. The number of piperidine rings is 1. The Balaban J connectivity index is 1.59. The van der Waals surface area contributed by atoms with Gasteiger partial charge in [-0.3, -0.25) is 28.8 Å². The lowest BCUT2D eigenvalue weighted by Gasteiger charge is -2.43. The predicted molar refractivity (Wildman–Crippen MR) is 161 cm³/mol. The van der Waals surface area contributed by atoms with Crippen LogP contribution < -0.4 is 21.3 Å². The minimum absolute atomic E-state index is 0.0645. The summed E-state index contributed by atoms with van der Waals surface area (Å²) in [5, 5.41) is 10.9. The number of amides is 5. The molecule has 4 N–H and O–H groups in total. The third-order valence-corrected chi connectivity index (χ3v) is 9.65. The van der Waals surface area contributed by atoms with E-state index in [2.05, 4.69) is 21.3 Å². The molecule has 13 heteroatoms. The van der Waals surface area contributed by atoms with Crippen molar-refractivity contribution in [2.75, 3.05) is 13.6 Å². The van der Waals surface area contributed by atoms with Crippen LogP contribution in [0.2, 0.25) is 0 Å². The minimum Gasteiger partial charge on any atom is -0.356 e. The Morgan fingerprint density at radius 1 is 0.933 bits per heavy atom. The van der Waals surface area contributed by atoms with Gasteiger partial charge in [0.05, 0.1) is 6.04 Å². The highest BCUT2D eigenvalue weighted by Crippen LogP contribution is 2.45. The van der Waals surface area contributed by atoms with Crippen molar-refractivity contribution < 1.29 is 37.5 Å². The molecule has 1 heterocycles. The fourth-order valence-corrected chi connectivity index (χ4v) is 6.67. The van der Waals surface area contributed by atoms with Gasteiger partial charge in [-0.05, 0) is 56.8 Å². The van der Waals surface area contributed by atoms with E-state index in [1.54, 1.807) is 20.8 Å². The number of carbonyl (C=O) groups excluding carboxylic acids is 6. The lowest BCUT2D eigenvalue weighted by atomic mass is 9.75. The Morgan fingerprint density at radius 3 is 2.13 bits per heavy atom. The van der Waals surface area contributed by atoms with Crippen LogP contribution in [0.1, 0.15) is 97.8 Å². The molecule has 1 aliphatic heterocycles. The fourth-order valence-electron chi connectivity index (χ4n) is 6.67. The molecule has 0 aromatic heterocycles. The smallest absolute Gasteiger partial charge is 0.289 e. The van der Waals surface area contributed by atoms with Crippen LogP contribution in [-0.4, -0.2) is 83.9 Å². The van der Waals surface area contributed by atoms with Gasteiger partial charge in [-0.25, -0.2) is 8.78 Å². The normalized spacial score (nSPS) is 24.2. The van der Waals surface area contributed by atoms with Crippen molar-refractivity contribution in [3.8, 4) is 0 Å². The number of ketones is 1. The molecular formula is C32H49F2N5O6. The van der Waals surface area contributed by atoms with Gasteiger partial charge in [-0.2, -0.15) is 0 Å². The number of hydrogen-bond donors (Lipinski definition) is 4. The van der Waals surface area contributed by atoms with Crippen LogP contribution in [0.4, 0.5) is 8.78 Å². The first-order valence-corrected chi connectivity index (χ1v) is 16.5. The molecule has 0 aromatic carbocycles. The fraction of sp³-hybridized carbons (Fsp3) is 0.812. The van der Waals surface area contributed by atoms with Crippen LogP contribution in [0.5, 0.6) is 0 Å². The maximum Gasteiger partial charge on any atom is 0.289 e. The number of hydrogen-bond acceptors (Lipinski definition) is 6. The molecule has 45 heavy (non-hydrogen) atoms.